The fraction of sp³-hybridized carbons (Fsp3) is 0.410. The van der Waals surface area contributed by atoms with Crippen molar-refractivity contribution in [2.45, 2.75) is 38.4 Å². The highest BCUT2D eigenvalue weighted by Crippen LogP contribution is 2.43. The van der Waals surface area contributed by atoms with Crippen molar-refractivity contribution in [3.8, 4) is 28.2 Å². The van der Waals surface area contributed by atoms with Crippen LogP contribution in [0.5, 0.6) is 5.75 Å². The molecule has 2 aromatic rings. The zero-order valence-electron chi connectivity index (χ0n) is 31.7. The first-order chi connectivity index (χ1) is 27.5. The molecular weight excluding hydrogens is 757 g/mol. The zero-order valence-corrected chi connectivity index (χ0v) is 32.5. The van der Waals surface area contributed by atoms with Crippen LogP contribution in [0.2, 0.25) is 0 Å². The lowest BCUT2D eigenvalue weighted by molar-refractivity contribution is -0.122. The molecule has 0 fully saturated rings. The molecule has 0 saturated carbocycles. The maximum Gasteiger partial charge on any atom is 0.314 e. The Labute approximate surface area is 335 Å². The number of rotatable bonds is 23. The minimum Gasteiger partial charge on any atom is -0.508 e. The molecule has 1 aliphatic heterocycles. The lowest BCUT2D eigenvalue weighted by atomic mass is 9.90. The van der Waals surface area contributed by atoms with Gasteiger partial charge in [0.2, 0.25) is 11.8 Å². The molecule has 18 heteroatoms. The number of aliphatic hydroxyl groups excluding tert-OH is 1. The van der Waals surface area contributed by atoms with Gasteiger partial charge in [-0.3, -0.25) is 14.4 Å². The highest BCUT2D eigenvalue weighted by atomic mass is 32.1. The lowest BCUT2D eigenvalue weighted by Crippen LogP contribution is -2.39. The zero-order chi connectivity index (χ0) is 41.0. The minimum atomic E-state index is -1.87. The SMILES string of the molecule is NCCCCNCCC(=O)NCCCNC(=O)NCCOCCC(=O)NCCNC(=S)Nc1ccc(-c2c3ccc(=O)cc-3oc3cc(O)ccc23)c(C(O)O)c1. The van der Waals surface area contributed by atoms with Crippen LogP contribution in [0.15, 0.2) is 63.8 Å². The largest absolute Gasteiger partial charge is 0.508 e. The first-order valence-corrected chi connectivity index (χ1v) is 19.2. The van der Waals surface area contributed by atoms with Crippen molar-refractivity contribution in [1.82, 2.24) is 31.9 Å². The van der Waals surface area contributed by atoms with E-state index in [0.717, 1.165) is 19.4 Å². The van der Waals surface area contributed by atoms with Crippen LogP contribution in [0.3, 0.4) is 0 Å². The average Bonchev–Trinajstić information content (AvgIpc) is 3.18. The van der Waals surface area contributed by atoms with Crippen LogP contribution in [-0.4, -0.2) is 104 Å². The lowest BCUT2D eigenvalue weighted by Gasteiger charge is -2.20. The molecule has 2 aliphatic rings. The summed E-state index contributed by atoms with van der Waals surface area (Å²) in [6.07, 6.45) is 1.21. The summed E-state index contributed by atoms with van der Waals surface area (Å²) < 4.78 is 11.3. The number of hydrogen-bond donors (Lipinski definition) is 11. The van der Waals surface area contributed by atoms with E-state index >= 15 is 0 Å². The van der Waals surface area contributed by atoms with Gasteiger partial charge in [-0.25, -0.2) is 4.79 Å². The number of aromatic hydroxyl groups is 1. The summed E-state index contributed by atoms with van der Waals surface area (Å²) in [5.74, 6) is -0.0158. The summed E-state index contributed by atoms with van der Waals surface area (Å²) in [6.45, 7) is 4.26. The Morgan fingerprint density at radius 1 is 0.754 bits per heavy atom. The molecule has 57 heavy (non-hydrogen) atoms. The van der Waals surface area contributed by atoms with Crippen molar-refractivity contribution in [1.29, 1.82) is 0 Å². The van der Waals surface area contributed by atoms with Gasteiger partial charge < -0.3 is 67.4 Å². The molecule has 0 unspecified atom stereocenters. The van der Waals surface area contributed by atoms with E-state index in [-0.39, 0.29) is 78.2 Å². The number of nitrogens with one attached hydrogen (secondary N) is 7. The third kappa shape index (κ3) is 14.9. The molecule has 0 atom stereocenters. The Balaban J connectivity index is 1.09. The number of carbonyl (C=O) groups is 3. The molecule has 2 aromatic carbocycles. The third-order valence-corrected chi connectivity index (χ3v) is 8.82. The van der Waals surface area contributed by atoms with Crippen LogP contribution in [0.25, 0.3) is 33.4 Å². The number of phenols is 1. The third-order valence-electron chi connectivity index (χ3n) is 8.57. The molecule has 1 heterocycles. The second kappa shape index (κ2) is 23.6. The molecule has 0 saturated heterocycles. The van der Waals surface area contributed by atoms with E-state index in [2.05, 4.69) is 37.2 Å². The van der Waals surface area contributed by atoms with Gasteiger partial charge in [-0.2, -0.15) is 0 Å². The number of unbranched alkanes of at least 4 members (excludes halogenated alkanes) is 1. The topological polar surface area (TPSA) is 262 Å². The Morgan fingerprint density at radius 3 is 2.30 bits per heavy atom. The number of fused-ring (bicyclic) bond motifs is 2. The van der Waals surface area contributed by atoms with E-state index in [1.54, 1.807) is 30.3 Å². The summed E-state index contributed by atoms with van der Waals surface area (Å²) in [6, 6.07) is 13.5. The van der Waals surface area contributed by atoms with Crippen molar-refractivity contribution in [3.63, 3.8) is 0 Å². The Hall–Kier alpha value is -5.37. The summed E-state index contributed by atoms with van der Waals surface area (Å²) in [4.78, 5) is 48.1. The molecule has 17 nitrogen and oxygen atoms in total. The normalized spacial score (nSPS) is 11.1. The van der Waals surface area contributed by atoms with Crippen molar-refractivity contribution >= 4 is 51.8 Å². The number of phenolic OH excluding ortho intramolecular Hbond substituents is 1. The van der Waals surface area contributed by atoms with Crippen molar-refractivity contribution in [3.05, 3.63) is 70.4 Å². The summed E-state index contributed by atoms with van der Waals surface area (Å²) in [5, 5.41) is 51.8. The van der Waals surface area contributed by atoms with Crippen molar-refractivity contribution in [2.75, 3.05) is 70.9 Å². The first kappa shape index (κ1) is 44.3. The van der Waals surface area contributed by atoms with Gasteiger partial charge in [-0.1, -0.05) is 6.07 Å². The van der Waals surface area contributed by atoms with E-state index < -0.39 is 6.29 Å². The molecular formula is C39H52N8O9S. The number of hydrogen-bond acceptors (Lipinski definition) is 12. The van der Waals surface area contributed by atoms with Gasteiger partial charge in [0.05, 0.1) is 13.2 Å². The predicted octanol–water partition coefficient (Wildman–Crippen LogP) is 1.59. The Kier molecular flexibility index (Phi) is 18.4. The second-order valence-electron chi connectivity index (χ2n) is 13.0. The Bertz CT molecular complexity index is 1980. The van der Waals surface area contributed by atoms with E-state index in [4.69, 9.17) is 27.1 Å². The number of benzene rings is 3. The Morgan fingerprint density at radius 2 is 1.49 bits per heavy atom. The van der Waals surface area contributed by atoms with Crippen LogP contribution < -0.4 is 48.4 Å². The summed E-state index contributed by atoms with van der Waals surface area (Å²) >= 11 is 5.40. The minimum absolute atomic E-state index is 0.0304. The van der Waals surface area contributed by atoms with Crippen molar-refractivity contribution in [2.24, 2.45) is 5.73 Å². The number of aliphatic hydroxyl groups is 2. The average molecular weight is 809 g/mol. The highest BCUT2D eigenvalue weighted by molar-refractivity contribution is 7.80. The molecule has 0 radical (unpaired) electrons. The van der Waals surface area contributed by atoms with Gasteiger partial charge in [0.15, 0.2) is 16.8 Å². The maximum absolute atomic E-state index is 12.2. The van der Waals surface area contributed by atoms with E-state index in [9.17, 15) is 34.5 Å². The standard InChI is InChI=1S/C39H52N8O9S/c40-12-1-2-13-41-16-10-34(50)42-14-3-15-44-38(54)45-19-21-55-20-11-35(51)43-17-18-46-39(57)47-25-4-7-28(31(22-25)37(52)53)36-29-8-5-26(48)23-32(29)56-33-24-27(49)6-9-30(33)36/h4-9,22-24,37,41,48,52-53H,1-3,10-21,40H2,(H,42,50)(H,43,51)(H2,44,45,54)(H2,46,47,57). The summed E-state index contributed by atoms with van der Waals surface area (Å²) in [7, 11) is 0. The van der Waals surface area contributed by atoms with Gasteiger partial charge in [-0.05, 0) is 86.5 Å². The second-order valence-corrected chi connectivity index (χ2v) is 13.4. The fourth-order valence-corrected chi connectivity index (χ4v) is 5.99. The molecule has 1 aliphatic carbocycles. The summed E-state index contributed by atoms with van der Waals surface area (Å²) in [5.41, 5.74) is 7.75. The van der Waals surface area contributed by atoms with Crippen LogP contribution in [0, 0.1) is 0 Å². The van der Waals surface area contributed by atoms with Crippen LogP contribution in [0.1, 0.15) is 44.0 Å². The van der Waals surface area contributed by atoms with Gasteiger partial charge in [-0.15, -0.1) is 0 Å². The van der Waals surface area contributed by atoms with Crippen LogP contribution in [-0.2, 0) is 14.3 Å². The molecule has 0 spiro atoms. The smallest absolute Gasteiger partial charge is 0.314 e. The quantitative estimate of drug-likeness (QED) is 0.0220. The highest BCUT2D eigenvalue weighted by Gasteiger charge is 2.22. The van der Waals surface area contributed by atoms with Gasteiger partial charge in [0.25, 0.3) is 0 Å². The fourth-order valence-electron chi connectivity index (χ4n) is 5.77. The first-order valence-electron chi connectivity index (χ1n) is 18.8. The number of nitrogens with two attached hydrogens (primary N) is 1. The molecule has 12 N–H and O–H groups in total. The van der Waals surface area contributed by atoms with Gasteiger partial charge >= 0.3 is 6.03 Å². The van der Waals surface area contributed by atoms with Crippen LogP contribution in [0.4, 0.5) is 10.5 Å². The number of carbonyl (C=O) groups excluding carboxylic acids is 3. The van der Waals surface area contributed by atoms with E-state index in [1.807, 2.05) is 0 Å². The number of urea groups is 1. The maximum atomic E-state index is 12.2. The van der Waals surface area contributed by atoms with Gasteiger partial charge in [0, 0.05) is 92.0 Å². The van der Waals surface area contributed by atoms with Gasteiger partial charge in [0.1, 0.15) is 17.1 Å². The van der Waals surface area contributed by atoms with Crippen molar-refractivity contribution < 1.29 is 38.9 Å². The molecule has 308 valence electrons. The number of thiocarbonyl (C=S) groups is 1. The monoisotopic (exact) mass is 808 g/mol. The predicted molar refractivity (Wildman–Crippen MR) is 221 cm³/mol. The molecule has 4 rings (SSSR count). The number of amides is 4. The van der Waals surface area contributed by atoms with E-state index in [0.29, 0.717) is 78.9 Å². The number of anilines is 1. The molecule has 4 amide bonds. The van der Waals surface area contributed by atoms with Crippen LogP contribution >= 0.6 is 12.2 Å². The van der Waals surface area contributed by atoms with E-state index in [1.165, 1.54) is 24.3 Å². The molecule has 0 aromatic heterocycles. The molecule has 0 bridgehead atoms. The number of ether oxygens (including phenoxy) is 1.